The van der Waals surface area contributed by atoms with E-state index in [-0.39, 0.29) is 5.56 Å². The second kappa shape index (κ2) is 6.62. The third-order valence-electron chi connectivity index (χ3n) is 2.93. The number of benzene rings is 1. The van der Waals surface area contributed by atoms with Gasteiger partial charge in [-0.15, -0.1) is 0 Å². The van der Waals surface area contributed by atoms with Crippen molar-refractivity contribution in [1.29, 1.82) is 0 Å². The number of aryl methyl sites for hydroxylation is 1. The molecule has 0 saturated heterocycles. The minimum absolute atomic E-state index is 0.226. The number of anilines is 1. The number of amides is 1. The summed E-state index contributed by atoms with van der Waals surface area (Å²) in [6.07, 6.45) is 3.59. The van der Waals surface area contributed by atoms with E-state index in [1.165, 1.54) is 30.4 Å². The van der Waals surface area contributed by atoms with E-state index < -0.39 is 17.6 Å². The number of aromatic hydroxyl groups is 1. The molecule has 0 spiro atoms. The van der Waals surface area contributed by atoms with Gasteiger partial charge in [-0.05, 0) is 30.3 Å². The maximum absolute atomic E-state index is 11.8. The van der Waals surface area contributed by atoms with Gasteiger partial charge >= 0.3 is 5.97 Å². The first-order valence-corrected chi connectivity index (χ1v) is 6.63. The van der Waals surface area contributed by atoms with Crippen LogP contribution in [0.1, 0.15) is 28.8 Å². The summed E-state index contributed by atoms with van der Waals surface area (Å²) in [6.45, 7) is 1.96. The van der Waals surface area contributed by atoms with Gasteiger partial charge in [0.2, 0.25) is 5.91 Å². The van der Waals surface area contributed by atoms with Crippen molar-refractivity contribution in [3.8, 4) is 5.75 Å². The first kappa shape index (κ1) is 15.4. The molecule has 3 N–H and O–H groups in total. The number of rotatable bonds is 5. The molecule has 0 bridgehead atoms. The van der Waals surface area contributed by atoms with Crippen molar-refractivity contribution in [2.45, 2.75) is 13.3 Å². The number of carboxylic acid groups (broad SMARTS) is 1. The highest BCUT2D eigenvalue weighted by Gasteiger charge is 2.10. The Hall–Kier alpha value is -3.02. The molecule has 0 radical (unpaired) electrons. The Morgan fingerprint density at radius 3 is 2.64 bits per heavy atom. The summed E-state index contributed by atoms with van der Waals surface area (Å²) in [7, 11) is 0. The molecule has 0 atom stereocenters. The number of aromatic carboxylic acids is 1. The molecular weight excluding hydrogens is 286 g/mol. The molecule has 0 fully saturated rings. The predicted octanol–water partition coefficient (Wildman–Crippen LogP) is 2.90. The summed E-state index contributed by atoms with van der Waals surface area (Å²) in [6, 6.07) is 7.39. The minimum Gasteiger partial charge on any atom is -0.507 e. The Kier molecular flexibility index (Phi) is 4.63. The van der Waals surface area contributed by atoms with Crippen molar-refractivity contribution in [2.24, 2.45) is 0 Å². The van der Waals surface area contributed by atoms with E-state index in [2.05, 4.69) is 5.32 Å². The van der Waals surface area contributed by atoms with E-state index in [0.717, 1.165) is 12.2 Å². The van der Waals surface area contributed by atoms with Crippen molar-refractivity contribution in [3.05, 3.63) is 53.5 Å². The molecule has 0 unspecified atom stereocenters. The fourth-order valence-corrected chi connectivity index (χ4v) is 1.81. The first-order valence-electron chi connectivity index (χ1n) is 6.63. The van der Waals surface area contributed by atoms with Crippen LogP contribution in [0.3, 0.4) is 0 Å². The third kappa shape index (κ3) is 3.76. The van der Waals surface area contributed by atoms with Crippen molar-refractivity contribution < 1.29 is 24.2 Å². The fraction of sp³-hybridized carbons (Fsp3) is 0.125. The van der Waals surface area contributed by atoms with E-state index in [4.69, 9.17) is 9.52 Å². The van der Waals surface area contributed by atoms with Gasteiger partial charge in [0.25, 0.3) is 0 Å². The molecule has 2 rings (SSSR count). The molecule has 1 heterocycles. The van der Waals surface area contributed by atoms with Crippen molar-refractivity contribution >= 4 is 23.6 Å². The maximum Gasteiger partial charge on any atom is 0.339 e. The average Bonchev–Trinajstić information content (AvgIpc) is 2.93. The fourth-order valence-electron chi connectivity index (χ4n) is 1.81. The van der Waals surface area contributed by atoms with Crippen LogP contribution < -0.4 is 5.32 Å². The van der Waals surface area contributed by atoms with Gasteiger partial charge in [0.05, 0.1) is 0 Å². The predicted molar refractivity (Wildman–Crippen MR) is 80.8 cm³/mol. The van der Waals surface area contributed by atoms with Crippen molar-refractivity contribution in [3.63, 3.8) is 0 Å². The molecule has 0 aliphatic heterocycles. The highest BCUT2D eigenvalue weighted by Crippen LogP contribution is 2.22. The first-order chi connectivity index (χ1) is 10.5. The van der Waals surface area contributed by atoms with Crippen LogP contribution in [0.5, 0.6) is 5.75 Å². The maximum atomic E-state index is 11.8. The normalized spacial score (nSPS) is 10.8. The molecule has 0 aliphatic carbocycles. The van der Waals surface area contributed by atoms with Crippen LogP contribution >= 0.6 is 0 Å². The number of carboxylic acids is 1. The molecule has 114 valence electrons. The lowest BCUT2D eigenvalue weighted by Gasteiger charge is -2.04. The molecule has 2 aromatic rings. The smallest absolute Gasteiger partial charge is 0.339 e. The highest BCUT2D eigenvalue weighted by molar-refractivity contribution is 6.02. The molecule has 22 heavy (non-hydrogen) atoms. The average molecular weight is 301 g/mol. The Morgan fingerprint density at radius 2 is 2.05 bits per heavy atom. The van der Waals surface area contributed by atoms with Crippen molar-refractivity contribution in [2.75, 3.05) is 5.32 Å². The van der Waals surface area contributed by atoms with Crippen LogP contribution in [0.2, 0.25) is 0 Å². The standard InChI is InChI=1S/C16H15NO5/c1-2-11-4-5-12(22-11)6-8-15(19)17-10-3-7-13(16(20)21)14(18)9-10/h3-9,18H,2H2,1H3,(H,17,19)(H,20,21). The summed E-state index contributed by atoms with van der Waals surface area (Å²) in [5.41, 5.74) is 0.0714. The number of carbonyl (C=O) groups excluding carboxylic acids is 1. The van der Waals surface area contributed by atoms with Gasteiger partial charge in [-0.2, -0.15) is 0 Å². The van der Waals surface area contributed by atoms with Crippen LogP contribution in [0.25, 0.3) is 6.08 Å². The Morgan fingerprint density at radius 1 is 1.27 bits per heavy atom. The van der Waals surface area contributed by atoms with E-state index in [0.29, 0.717) is 11.4 Å². The van der Waals surface area contributed by atoms with E-state index in [1.807, 2.05) is 13.0 Å². The van der Waals surface area contributed by atoms with E-state index in [1.54, 1.807) is 6.07 Å². The summed E-state index contributed by atoms with van der Waals surface area (Å²) in [5.74, 6) is -0.671. The summed E-state index contributed by atoms with van der Waals surface area (Å²) >= 11 is 0. The lowest BCUT2D eigenvalue weighted by molar-refractivity contribution is -0.111. The zero-order valence-corrected chi connectivity index (χ0v) is 11.9. The largest absolute Gasteiger partial charge is 0.507 e. The van der Waals surface area contributed by atoms with Gasteiger partial charge in [-0.1, -0.05) is 6.92 Å². The molecular formula is C16H15NO5. The number of carbonyl (C=O) groups is 2. The van der Waals surface area contributed by atoms with Gasteiger partial charge in [-0.3, -0.25) is 4.79 Å². The number of hydrogen-bond acceptors (Lipinski definition) is 4. The molecule has 1 amide bonds. The quantitative estimate of drug-likeness (QED) is 0.737. The van der Waals surface area contributed by atoms with Crippen LogP contribution in [0.4, 0.5) is 5.69 Å². The van der Waals surface area contributed by atoms with Gasteiger partial charge in [-0.25, -0.2) is 4.79 Å². The summed E-state index contributed by atoms with van der Waals surface area (Å²) < 4.78 is 5.42. The van der Waals surface area contributed by atoms with Gasteiger partial charge in [0, 0.05) is 24.3 Å². The van der Waals surface area contributed by atoms with E-state index >= 15 is 0 Å². The van der Waals surface area contributed by atoms with Crippen LogP contribution in [0, 0.1) is 0 Å². The number of furan rings is 1. The van der Waals surface area contributed by atoms with Crippen LogP contribution in [-0.2, 0) is 11.2 Å². The summed E-state index contributed by atoms with van der Waals surface area (Å²) in [4.78, 5) is 22.5. The summed E-state index contributed by atoms with van der Waals surface area (Å²) in [5, 5.41) is 20.9. The molecule has 1 aromatic carbocycles. The lowest BCUT2D eigenvalue weighted by Crippen LogP contribution is -2.08. The second-order valence-corrected chi connectivity index (χ2v) is 4.52. The SMILES string of the molecule is CCc1ccc(C=CC(=O)Nc2ccc(C(=O)O)c(O)c2)o1. The Balaban J connectivity index is 2.02. The monoisotopic (exact) mass is 301 g/mol. The van der Waals surface area contributed by atoms with Gasteiger partial charge in [0.15, 0.2) is 0 Å². The zero-order chi connectivity index (χ0) is 16.1. The van der Waals surface area contributed by atoms with Gasteiger partial charge < -0.3 is 19.9 Å². The van der Waals surface area contributed by atoms with Crippen molar-refractivity contribution in [1.82, 2.24) is 0 Å². The molecule has 6 nitrogen and oxygen atoms in total. The third-order valence-corrected chi connectivity index (χ3v) is 2.93. The molecule has 0 aliphatic rings. The number of phenols is 1. The highest BCUT2D eigenvalue weighted by atomic mass is 16.4. The topological polar surface area (TPSA) is 99.8 Å². The van der Waals surface area contributed by atoms with Crippen LogP contribution in [-0.4, -0.2) is 22.1 Å². The van der Waals surface area contributed by atoms with Gasteiger partial charge in [0.1, 0.15) is 22.8 Å². The lowest BCUT2D eigenvalue weighted by atomic mass is 10.2. The Bertz CT molecular complexity index is 730. The molecule has 0 saturated carbocycles. The number of hydrogen-bond donors (Lipinski definition) is 3. The van der Waals surface area contributed by atoms with E-state index in [9.17, 15) is 14.7 Å². The zero-order valence-electron chi connectivity index (χ0n) is 11.9. The Labute approximate surface area is 126 Å². The molecule has 6 heteroatoms. The molecule has 1 aromatic heterocycles. The number of nitrogens with one attached hydrogen (secondary N) is 1. The second-order valence-electron chi connectivity index (χ2n) is 4.52. The van der Waals surface area contributed by atoms with Crippen LogP contribution in [0.15, 0.2) is 40.8 Å². The minimum atomic E-state index is -1.24.